The van der Waals surface area contributed by atoms with E-state index in [-0.39, 0.29) is 5.91 Å². The molecule has 4 nitrogen and oxygen atoms in total. The molecule has 0 atom stereocenters. The van der Waals surface area contributed by atoms with Crippen LogP contribution in [0, 0.1) is 5.92 Å². The first-order valence-electron chi connectivity index (χ1n) is 7.25. The highest BCUT2D eigenvalue weighted by atomic mass is 16.1. The minimum atomic E-state index is 0.212. The van der Waals surface area contributed by atoms with Crippen molar-refractivity contribution in [1.82, 2.24) is 10.2 Å². The average molecular weight is 255 g/mol. The zero-order valence-electron chi connectivity index (χ0n) is 12.0. The standard InChI is InChI=1S/C14H29N3O/c1-17(2)11-3-10-16-14(18)9-6-12-4-7-13(15)8-5-12/h12-13H,3-11,15H2,1-2H3,(H,16,18). The summed E-state index contributed by atoms with van der Waals surface area (Å²) >= 11 is 0. The highest BCUT2D eigenvalue weighted by Crippen LogP contribution is 2.26. The zero-order chi connectivity index (χ0) is 13.4. The van der Waals surface area contributed by atoms with E-state index in [1.165, 1.54) is 12.8 Å². The lowest BCUT2D eigenvalue weighted by Gasteiger charge is -2.25. The SMILES string of the molecule is CN(C)CCCNC(=O)CCC1CCC(N)CC1. The second kappa shape index (κ2) is 8.48. The van der Waals surface area contributed by atoms with Crippen LogP contribution in [0.15, 0.2) is 0 Å². The molecule has 0 radical (unpaired) electrons. The first-order chi connectivity index (χ1) is 8.58. The smallest absolute Gasteiger partial charge is 0.220 e. The van der Waals surface area contributed by atoms with Crippen molar-refractivity contribution in [2.75, 3.05) is 27.2 Å². The number of nitrogens with one attached hydrogen (secondary N) is 1. The Hall–Kier alpha value is -0.610. The van der Waals surface area contributed by atoms with Gasteiger partial charge < -0.3 is 16.0 Å². The summed E-state index contributed by atoms with van der Waals surface area (Å²) < 4.78 is 0. The van der Waals surface area contributed by atoms with Gasteiger partial charge in [0, 0.05) is 19.0 Å². The molecular weight excluding hydrogens is 226 g/mol. The van der Waals surface area contributed by atoms with Crippen molar-refractivity contribution in [3.05, 3.63) is 0 Å². The summed E-state index contributed by atoms with van der Waals surface area (Å²) in [6, 6.07) is 0.404. The van der Waals surface area contributed by atoms with Gasteiger partial charge in [0.25, 0.3) is 0 Å². The molecule has 0 aromatic heterocycles. The van der Waals surface area contributed by atoms with Crippen molar-refractivity contribution in [3.8, 4) is 0 Å². The summed E-state index contributed by atoms with van der Waals surface area (Å²) in [7, 11) is 4.10. The van der Waals surface area contributed by atoms with Crippen LogP contribution in [0.2, 0.25) is 0 Å². The molecular formula is C14H29N3O. The van der Waals surface area contributed by atoms with Gasteiger partial charge in [0.15, 0.2) is 0 Å². The Morgan fingerprint density at radius 2 is 1.94 bits per heavy atom. The predicted molar refractivity (Wildman–Crippen MR) is 75.3 cm³/mol. The molecule has 1 amide bonds. The number of nitrogens with two attached hydrogens (primary N) is 1. The van der Waals surface area contributed by atoms with Gasteiger partial charge in [0.05, 0.1) is 0 Å². The van der Waals surface area contributed by atoms with Crippen LogP contribution in [0.4, 0.5) is 0 Å². The second-order valence-electron chi connectivity index (χ2n) is 5.83. The molecule has 1 aliphatic rings. The number of hydrogen-bond acceptors (Lipinski definition) is 3. The van der Waals surface area contributed by atoms with Gasteiger partial charge >= 0.3 is 0 Å². The maximum atomic E-state index is 11.6. The minimum Gasteiger partial charge on any atom is -0.356 e. The van der Waals surface area contributed by atoms with Gasteiger partial charge in [-0.15, -0.1) is 0 Å². The molecule has 0 aliphatic heterocycles. The van der Waals surface area contributed by atoms with Crippen LogP contribution in [0.25, 0.3) is 0 Å². The van der Waals surface area contributed by atoms with Gasteiger partial charge in [0.1, 0.15) is 0 Å². The predicted octanol–water partition coefficient (Wildman–Crippen LogP) is 1.35. The van der Waals surface area contributed by atoms with Crippen LogP contribution in [-0.2, 0) is 4.79 Å². The number of nitrogens with zero attached hydrogens (tertiary/aromatic N) is 1. The number of rotatable bonds is 7. The van der Waals surface area contributed by atoms with E-state index < -0.39 is 0 Å². The van der Waals surface area contributed by atoms with Crippen molar-refractivity contribution in [2.45, 2.75) is 51.0 Å². The molecule has 0 spiro atoms. The van der Waals surface area contributed by atoms with Crippen molar-refractivity contribution in [2.24, 2.45) is 11.7 Å². The normalized spacial score (nSPS) is 24.2. The fourth-order valence-corrected chi connectivity index (χ4v) is 2.52. The van der Waals surface area contributed by atoms with E-state index in [0.29, 0.717) is 12.5 Å². The highest BCUT2D eigenvalue weighted by Gasteiger charge is 2.18. The Kier molecular flexibility index (Phi) is 7.28. The average Bonchev–Trinajstić information content (AvgIpc) is 2.34. The maximum Gasteiger partial charge on any atom is 0.220 e. The highest BCUT2D eigenvalue weighted by molar-refractivity contribution is 5.75. The van der Waals surface area contributed by atoms with Crippen molar-refractivity contribution in [1.29, 1.82) is 0 Å². The second-order valence-corrected chi connectivity index (χ2v) is 5.83. The molecule has 0 unspecified atom stereocenters. The van der Waals surface area contributed by atoms with E-state index in [4.69, 9.17) is 5.73 Å². The third-order valence-corrected chi connectivity index (χ3v) is 3.78. The van der Waals surface area contributed by atoms with E-state index in [0.717, 1.165) is 44.7 Å². The molecule has 3 N–H and O–H groups in total. The molecule has 1 rings (SSSR count). The fourth-order valence-electron chi connectivity index (χ4n) is 2.52. The Balaban J connectivity index is 1.99. The van der Waals surface area contributed by atoms with E-state index in [2.05, 4.69) is 24.3 Å². The molecule has 18 heavy (non-hydrogen) atoms. The largest absolute Gasteiger partial charge is 0.356 e. The molecule has 106 valence electrons. The van der Waals surface area contributed by atoms with Gasteiger partial charge in [-0.3, -0.25) is 4.79 Å². The molecule has 0 heterocycles. The topological polar surface area (TPSA) is 58.4 Å². The number of carbonyl (C=O) groups is 1. The monoisotopic (exact) mass is 255 g/mol. The van der Waals surface area contributed by atoms with Gasteiger partial charge in [-0.25, -0.2) is 0 Å². The van der Waals surface area contributed by atoms with Gasteiger partial charge in [0.2, 0.25) is 5.91 Å². The van der Waals surface area contributed by atoms with Crippen LogP contribution >= 0.6 is 0 Å². The van der Waals surface area contributed by atoms with E-state index in [9.17, 15) is 4.79 Å². The summed E-state index contributed by atoms with van der Waals surface area (Å²) in [6.07, 6.45) is 7.42. The molecule has 0 bridgehead atoms. The third kappa shape index (κ3) is 6.97. The number of amides is 1. The van der Waals surface area contributed by atoms with Crippen molar-refractivity contribution in [3.63, 3.8) is 0 Å². The first-order valence-corrected chi connectivity index (χ1v) is 7.25. The van der Waals surface area contributed by atoms with E-state index >= 15 is 0 Å². The summed E-state index contributed by atoms with van der Waals surface area (Å²) in [4.78, 5) is 13.8. The Morgan fingerprint density at radius 3 is 2.56 bits per heavy atom. The van der Waals surface area contributed by atoms with Crippen LogP contribution in [0.3, 0.4) is 0 Å². The molecule has 1 aliphatic carbocycles. The Bertz CT molecular complexity index is 235. The van der Waals surface area contributed by atoms with Crippen LogP contribution in [0.1, 0.15) is 44.9 Å². The summed E-state index contributed by atoms with van der Waals surface area (Å²) in [6.45, 7) is 1.83. The van der Waals surface area contributed by atoms with Crippen molar-refractivity contribution < 1.29 is 4.79 Å². The molecule has 1 saturated carbocycles. The third-order valence-electron chi connectivity index (χ3n) is 3.78. The van der Waals surface area contributed by atoms with Gasteiger partial charge in [-0.05, 0) is 65.1 Å². The first kappa shape index (κ1) is 15.4. The zero-order valence-corrected chi connectivity index (χ0v) is 12.0. The molecule has 0 aromatic rings. The molecule has 4 heteroatoms. The lowest BCUT2D eigenvalue weighted by atomic mass is 9.84. The fraction of sp³-hybridized carbons (Fsp3) is 0.929. The summed E-state index contributed by atoms with van der Waals surface area (Å²) in [5.74, 6) is 0.931. The lowest BCUT2D eigenvalue weighted by Crippen LogP contribution is -2.29. The number of hydrogen-bond donors (Lipinski definition) is 2. The summed E-state index contributed by atoms with van der Waals surface area (Å²) in [5, 5.41) is 3.00. The minimum absolute atomic E-state index is 0.212. The quantitative estimate of drug-likeness (QED) is 0.675. The van der Waals surface area contributed by atoms with Crippen LogP contribution < -0.4 is 11.1 Å². The molecule has 0 aromatic carbocycles. The Labute approximate surface area is 111 Å². The van der Waals surface area contributed by atoms with Gasteiger partial charge in [-0.1, -0.05) is 0 Å². The Morgan fingerprint density at radius 1 is 1.28 bits per heavy atom. The van der Waals surface area contributed by atoms with Gasteiger partial charge in [-0.2, -0.15) is 0 Å². The van der Waals surface area contributed by atoms with Crippen LogP contribution in [-0.4, -0.2) is 44.0 Å². The molecule has 0 saturated heterocycles. The van der Waals surface area contributed by atoms with Crippen LogP contribution in [0.5, 0.6) is 0 Å². The summed E-state index contributed by atoms with van der Waals surface area (Å²) in [5.41, 5.74) is 5.88. The van der Waals surface area contributed by atoms with E-state index in [1.807, 2.05) is 0 Å². The molecule has 1 fully saturated rings. The maximum absolute atomic E-state index is 11.6. The number of carbonyl (C=O) groups excluding carboxylic acids is 1. The van der Waals surface area contributed by atoms with Crippen molar-refractivity contribution >= 4 is 5.91 Å². The van der Waals surface area contributed by atoms with E-state index in [1.54, 1.807) is 0 Å². The lowest BCUT2D eigenvalue weighted by molar-refractivity contribution is -0.121.